The fourth-order valence-electron chi connectivity index (χ4n) is 2.60. The van der Waals surface area contributed by atoms with Crippen molar-refractivity contribution in [1.82, 2.24) is 10.3 Å². The van der Waals surface area contributed by atoms with Crippen molar-refractivity contribution in [3.05, 3.63) is 65.7 Å². The SMILES string of the molecule is C[C@H](NC(c1ccc(F)cc1)C1CC1)c1cccnc1. The average molecular weight is 270 g/mol. The molecule has 2 aromatic rings. The van der Waals surface area contributed by atoms with Gasteiger partial charge in [0, 0.05) is 24.5 Å². The number of hydrogen-bond acceptors (Lipinski definition) is 2. The molecule has 104 valence electrons. The molecule has 0 aliphatic heterocycles. The van der Waals surface area contributed by atoms with E-state index in [9.17, 15) is 4.39 Å². The Hall–Kier alpha value is -1.74. The first-order valence-corrected chi connectivity index (χ1v) is 7.15. The molecular formula is C17H19FN2. The molecule has 1 aromatic heterocycles. The molecule has 2 nitrogen and oxygen atoms in total. The van der Waals surface area contributed by atoms with Crippen LogP contribution in [0, 0.1) is 11.7 Å². The molecule has 3 rings (SSSR count). The van der Waals surface area contributed by atoms with E-state index in [1.807, 2.05) is 24.4 Å². The van der Waals surface area contributed by atoms with Gasteiger partial charge in [0.15, 0.2) is 0 Å². The van der Waals surface area contributed by atoms with Crippen molar-refractivity contribution < 1.29 is 4.39 Å². The lowest BCUT2D eigenvalue weighted by Gasteiger charge is -2.24. The minimum Gasteiger partial charge on any atom is -0.303 e. The molecule has 1 aliphatic carbocycles. The molecule has 0 spiro atoms. The Morgan fingerprint density at radius 2 is 1.90 bits per heavy atom. The summed E-state index contributed by atoms with van der Waals surface area (Å²) in [6.07, 6.45) is 6.17. The molecule has 0 bridgehead atoms. The zero-order valence-corrected chi connectivity index (χ0v) is 11.6. The lowest BCUT2D eigenvalue weighted by molar-refractivity contribution is 0.426. The molecule has 20 heavy (non-hydrogen) atoms. The fourth-order valence-corrected chi connectivity index (χ4v) is 2.60. The van der Waals surface area contributed by atoms with Gasteiger partial charge in [-0.05, 0) is 55.0 Å². The normalized spacial score (nSPS) is 17.7. The minimum absolute atomic E-state index is 0.177. The summed E-state index contributed by atoms with van der Waals surface area (Å²) in [5.41, 5.74) is 2.35. The van der Waals surface area contributed by atoms with Crippen LogP contribution in [0.1, 0.15) is 43.0 Å². The molecule has 2 atom stereocenters. The Morgan fingerprint density at radius 3 is 2.50 bits per heavy atom. The van der Waals surface area contributed by atoms with Crippen molar-refractivity contribution in [2.24, 2.45) is 5.92 Å². The van der Waals surface area contributed by atoms with Crippen LogP contribution in [0.4, 0.5) is 4.39 Å². The van der Waals surface area contributed by atoms with Gasteiger partial charge in [0.1, 0.15) is 5.82 Å². The Morgan fingerprint density at radius 1 is 1.15 bits per heavy atom. The molecule has 1 N–H and O–H groups in total. The van der Waals surface area contributed by atoms with Crippen LogP contribution < -0.4 is 5.32 Å². The third kappa shape index (κ3) is 3.05. The van der Waals surface area contributed by atoms with Crippen LogP contribution in [-0.2, 0) is 0 Å². The maximum absolute atomic E-state index is 13.1. The fraction of sp³-hybridized carbons (Fsp3) is 0.353. The number of halogens is 1. The molecule has 0 amide bonds. The summed E-state index contributed by atoms with van der Waals surface area (Å²) >= 11 is 0. The molecule has 1 aromatic carbocycles. The number of nitrogens with zero attached hydrogens (tertiary/aromatic N) is 1. The number of benzene rings is 1. The molecule has 1 aliphatic rings. The standard InChI is InChI=1S/C17H19FN2/c1-12(15-3-2-10-19-11-15)20-17(13-4-5-13)14-6-8-16(18)9-7-14/h2-3,6-13,17,20H,4-5H2,1H3/t12-,17?/m0/s1. The summed E-state index contributed by atoms with van der Waals surface area (Å²) in [5.74, 6) is 0.489. The Balaban J connectivity index is 1.76. The molecule has 1 saturated carbocycles. The van der Waals surface area contributed by atoms with Crippen molar-refractivity contribution in [3.63, 3.8) is 0 Å². The van der Waals surface area contributed by atoms with Crippen LogP contribution in [0.3, 0.4) is 0 Å². The molecule has 1 heterocycles. The van der Waals surface area contributed by atoms with Crippen molar-refractivity contribution >= 4 is 0 Å². The maximum Gasteiger partial charge on any atom is 0.123 e. The molecule has 1 fully saturated rings. The summed E-state index contributed by atoms with van der Waals surface area (Å²) in [4.78, 5) is 4.17. The predicted molar refractivity (Wildman–Crippen MR) is 77.7 cm³/mol. The third-order valence-electron chi connectivity index (χ3n) is 3.94. The molecule has 1 unspecified atom stereocenters. The van der Waals surface area contributed by atoms with Gasteiger partial charge < -0.3 is 5.32 Å². The molecule has 0 radical (unpaired) electrons. The zero-order chi connectivity index (χ0) is 13.9. The van der Waals surface area contributed by atoms with Gasteiger partial charge in [-0.2, -0.15) is 0 Å². The highest BCUT2D eigenvalue weighted by atomic mass is 19.1. The van der Waals surface area contributed by atoms with Crippen molar-refractivity contribution in [2.45, 2.75) is 31.8 Å². The van der Waals surface area contributed by atoms with E-state index in [0.29, 0.717) is 12.0 Å². The van der Waals surface area contributed by atoms with Crippen LogP contribution in [0.2, 0.25) is 0 Å². The van der Waals surface area contributed by atoms with Gasteiger partial charge in [-0.3, -0.25) is 4.98 Å². The van der Waals surface area contributed by atoms with Crippen molar-refractivity contribution in [3.8, 4) is 0 Å². The number of pyridine rings is 1. The van der Waals surface area contributed by atoms with Crippen LogP contribution in [0.15, 0.2) is 48.8 Å². The highest BCUT2D eigenvalue weighted by Gasteiger charge is 2.33. The van der Waals surface area contributed by atoms with Gasteiger partial charge in [-0.15, -0.1) is 0 Å². The van der Waals surface area contributed by atoms with Crippen LogP contribution >= 0.6 is 0 Å². The van der Waals surface area contributed by atoms with Gasteiger partial charge in [-0.25, -0.2) is 4.39 Å². The summed E-state index contributed by atoms with van der Waals surface area (Å²) < 4.78 is 13.1. The van der Waals surface area contributed by atoms with Crippen molar-refractivity contribution in [1.29, 1.82) is 0 Å². The zero-order valence-electron chi connectivity index (χ0n) is 11.6. The summed E-state index contributed by atoms with van der Waals surface area (Å²) in [5, 5.41) is 3.67. The second-order valence-electron chi connectivity index (χ2n) is 5.54. The van der Waals surface area contributed by atoms with E-state index in [1.165, 1.54) is 24.0 Å². The topological polar surface area (TPSA) is 24.9 Å². The van der Waals surface area contributed by atoms with Gasteiger partial charge >= 0.3 is 0 Å². The predicted octanol–water partition coefficient (Wildman–Crippen LogP) is 4.02. The quantitative estimate of drug-likeness (QED) is 0.887. The van der Waals surface area contributed by atoms with E-state index >= 15 is 0 Å². The maximum atomic E-state index is 13.1. The lowest BCUT2D eigenvalue weighted by Crippen LogP contribution is -2.26. The van der Waals surface area contributed by atoms with Crippen molar-refractivity contribution in [2.75, 3.05) is 0 Å². The van der Waals surface area contributed by atoms with Crippen LogP contribution in [0.5, 0.6) is 0 Å². The molecule has 3 heteroatoms. The Bertz CT molecular complexity index is 549. The third-order valence-corrected chi connectivity index (χ3v) is 3.94. The first kappa shape index (κ1) is 13.3. The van der Waals surface area contributed by atoms with Crippen LogP contribution in [0.25, 0.3) is 0 Å². The second-order valence-corrected chi connectivity index (χ2v) is 5.54. The highest BCUT2D eigenvalue weighted by Crippen LogP contribution is 2.42. The molecular weight excluding hydrogens is 251 g/mol. The van der Waals surface area contributed by atoms with Crippen LogP contribution in [-0.4, -0.2) is 4.98 Å². The van der Waals surface area contributed by atoms with E-state index in [2.05, 4.69) is 23.3 Å². The Kier molecular flexibility index (Phi) is 3.79. The van der Waals surface area contributed by atoms with Gasteiger partial charge in [0.05, 0.1) is 0 Å². The van der Waals surface area contributed by atoms with E-state index in [1.54, 1.807) is 18.3 Å². The smallest absolute Gasteiger partial charge is 0.123 e. The summed E-state index contributed by atoms with van der Waals surface area (Å²) in [6.45, 7) is 2.15. The average Bonchev–Trinajstić information content (AvgIpc) is 3.31. The largest absolute Gasteiger partial charge is 0.303 e. The van der Waals surface area contributed by atoms with E-state index in [0.717, 1.165) is 0 Å². The number of nitrogens with one attached hydrogen (secondary N) is 1. The number of hydrogen-bond donors (Lipinski definition) is 1. The lowest BCUT2D eigenvalue weighted by atomic mass is 10.00. The number of rotatable bonds is 5. The van der Waals surface area contributed by atoms with Gasteiger partial charge in [0.25, 0.3) is 0 Å². The van der Waals surface area contributed by atoms with E-state index in [-0.39, 0.29) is 11.9 Å². The van der Waals surface area contributed by atoms with Gasteiger partial charge in [0.2, 0.25) is 0 Å². The molecule has 0 saturated heterocycles. The second kappa shape index (κ2) is 5.71. The summed E-state index contributed by atoms with van der Waals surface area (Å²) in [7, 11) is 0. The summed E-state index contributed by atoms with van der Waals surface area (Å²) in [6, 6.07) is 11.4. The van der Waals surface area contributed by atoms with E-state index < -0.39 is 0 Å². The van der Waals surface area contributed by atoms with E-state index in [4.69, 9.17) is 0 Å². The minimum atomic E-state index is -0.177. The first-order chi connectivity index (χ1) is 9.74. The Labute approximate surface area is 119 Å². The monoisotopic (exact) mass is 270 g/mol. The highest BCUT2D eigenvalue weighted by molar-refractivity contribution is 5.23. The van der Waals surface area contributed by atoms with Gasteiger partial charge in [-0.1, -0.05) is 18.2 Å². The number of aromatic nitrogens is 1. The first-order valence-electron chi connectivity index (χ1n) is 7.15.